The number of benzene rings is 1. The number of esters is 2. The molecule has 1 aromatic carbocycles. The van der Waals surface area contributed by atoms with Crippen molar-refractivity contribution in [1.29, 1.82) is 0 Å². The van der Waals surface area contributed by atoms with Gasteiger partial charge >= 0.3 is 11.9 Å². The maximum absolute atomic E-state index is 13.0. The third-order valence-electron chi connectivity index (χ3n) is 6.61. The fraction of sp³-hybridized carbons (Fsp3) is 0.710. The molecule has 1 atom stereocenters. The van der Waals surface area contributed by atoms with Crippen molar-refractivity contribution < 1.29 is 23.9 Å². The number of carbonyl (C=O) groups is 3. The van der Waals surface area contributed by atoms with Crippen LogP contribution in [0.25, 0.3) is 0 Å². The van der Waals surface area contributed by atoms with Gasteiger partial charge in [-0.05, 0) is 51.0 Å². The van der Waals surface area contributed by atoms with E-state index in [0.29, 0.717) is 5.56 Å². The maximum Gasteiger partial charge on any atom is 0.316 e. The Kier molecular flexibility index (Phi) is 19.1. The number of hydrogen-bond donors (Lipinski definition) is 1. The first-order valence-corrected chi connectivity index (χ1v) is 14.7. The van der Waals surface area contributed by atoms with Crippen LogP contribution in [0.5, 0.6) is 0 Å². The minimum Gasteiger partial charge on any atom is -0.466 e. The molecule has 0 radical (unpaired) electrons. The first kappa shape index (κ1) is 32.7. The van der Waals surface area contributed by atoms with Gasteiger partial charge in [-0.25, -0.2) is 0 Å². The number of Topliss-reactive ketones (excluding diaryl/α,β-unsaturated/α-hetero) is 1. The molecule has 37 heavy (non-hydrogen) atoms. The van der Waals surface area contributed by atoms with Crippen molar-refractivity contribution in [3.63, 3.8) is 0 Å². The van der Waals surface area contributed by atoms with Gasteiger partial charge < -0.3 is 14.8 Å². The third-order valence-corrected chi connectivity index (χ3v) is 6.61. The highest BCUT2D eigenvalue weighted by Crippen LogP contribution is 2.19. The summed E-state index contributed by atoms with van der Waals surface area (Å²) in [6, 6.07) is 7.18. The van der Waals surface area contributed by atoms with Crippen LogP contribution in [0.3, 0.4) is 0 Å². The Labute approximate surface area is 225 Å². The second-order valence-corrected chi connectivity index (χ2v) is 9.76. The average molecular weight is 518 g/mol. The van der Waals surface area contributed by atoms with Crippen molar-refractivity contribution >= 4 is 23.4 Å². The quantitative estimate of drug-likeness (QED) is 0.0688. The normalized spacial score (nSPS) is 11.6. The Morgan fingerprint density at radius 1 is 0.703 bits per heavy atom. The summed E-state index contributed by atoms with van der Waals surface area (Å²) in [5.74, 6) is -2.35. The van der Waals surface area contributed by atoms with Crippen LogP contribution in [-0.2, 0) is 19.1 Å². The Morgan fingerprint density at radius 3 is 1.73 bits per heavy atom. The van der Waals surface area contributed by atoms with Crippen molar-refractivity contribution in [2.45, 2.75) is 117 Å². The van der Waals surface area contributed by atoms with E-state index < -0.39 is 17.9 Å². The van der Waals surface area contributed by atoms with Gasteiger partial charge in [-0.3, -0.25) is 14.4 Å². The number of ether oxygens (including phenoxy) is 2. The Bertz CT molecular complexity index is 746. The average Bonchev–Trinajstić information content (AvgIpc) is 2.89. The maximum atomic E-state index is 13.0. The summed E-state index contributed by atoms with van der Waals surface area (Å²) in [5.41, 5.74) is 1.39. The molecule has 0 saturated carbocycles. The van der Waals surface area contributed by atoms with Gasteiger partial charge in [0, 0.05) is 24.2 Å². The van der Waals surface area contributed by atoms with Crippen LogP contribution in [0.15, 0.2) is 24.3 Å². The van der Waals surface area contributed by atoms with E-state index in [2.05, 4.69) is 12.2 Å². The number of hydrogen-bond acceptors (Lipinski definition) is 6. The topological polar surface area (TPSA) is 81.7 Å². The highest BCUT2D eigenvalue weighted by atomic mass is 16.5. The molecule has 0 aliphatic rings. The van der Waals surface area contributed by atoms with Crippen molar-refractivity contribution in [2.75, 3.05) is 25.1 Å². The fourth-order valence-electron chi connectivity index (χ4n) is 4.42. The van der Waals surface area contributed by atoms with Gasteiger partial charge in [-0.15, -0.1) is 0 Å². The van der Waals surface area contributed by atoms with E-state index in [4.69, 9.17) is 9.47 Å². The van der Waals surface area contributed by atoms with Crippen LogP contribution < -0.4 is 5.32 Å². The zero-order chi connectivity index (χ0) is 27.1. The zero-order valence-electron chi connectivity index (χ0n) is 23.7. The van der Waals surface area contributed by atoms with Gasteiger partial charge in [0.1, 0.15) is 5.92 Å². The van der Waals surface area contributed by atoms with Crippen molar-refractivity contribution in [1.82, 2.24) is 0 Å². The molecule has 0 amide bonds. The van der Waals surface area contributed by atoms with Crippen LogP contribution in [0.2, 0.25) is 0 Å². The molecule has 0 bridgehead atoms. The minimum absolute atomic E-state index is 0.00181. The largest absolute Gasteiger partial charge is 0.466 e. The van der Waals surface area contributed by atoms with Crippen molar-refractivity contribution in [3.05, 3.63) is 29.8 Å². The van der Waals surface area contributed by atoms with E-state index in [9.17, 15) is 14.4 Å². The first-order valence-electron chi connectivity index (χ1n) is 14.7. The lowest BCUT2D eigenvalue weighted by atomic mass is 9.93. The lowest BCUT2D eigenvalue weighted by Crippen LogP contribution is -2.27. The highest BCUT2D eigenvalue weighted by molar-refractivity contribution is 6.08. The Hall–Kier alpha value is -2.37. The standard InChI is InChI=1S/C31H51NO5/c1-4-7-8-9-10-11-12-13-14-15-16-17-18-25-32-27-21-19-26(20-22-27)30(34)28(31(35)37-6-3)23-24-29(33)36-5-2/h19-22,28,32H,4-18,23-25H2,1-3H3. The minimum atomic E-state index is -1.01. The first-order chi connectivity index (χ1) is 18.0. The molecular formula is C31H51NO5. The van der Waals surface area contributed by atoms with Crippen LogP contribution in [-0.4, -0.2) is 37.5 Å². The van der Waals surface area contributed by atoms with Gasteiger partial charge in [-0.1, -0.05) is 84.0 Å². The van der Waals surface area contributed by atoms with Crippen LogP contribution in [0.4, 0.5) is 5.69 Å². The summed E-state index contributed by atoms with van der Waals surface area (Å²) in [4.78, 5) is 37.0. The number of nitrogens with one attached hydrogen (secondary N) is 1. The molecule has 0 aliphatic heterocycles. The van der Waals surface area contributed by atoms with E-state index in [1.807, 2.05) is 12.1 Å². The van der Waals surface area contributed by atoms with E-state index in [1.54, 1.807) is 26.0 Å². The van der Waals surface area contributed by atoms with E-state index in [1.165, 1.54) is 77.0 Å². The number of ketones is 1. The molecular weight excluding hydrogens is 466 g/mol. The summed E-state index contributed by atoms with van der Waals surface area (Å²) in [5, 5.41) is 3.41. The molecule has 0 aromatic heterocycles. The van der Waals surface area contributed by atoms with E-state index >= 15 is 0 Å². The van der Waals surface area contributed by atoms with E-state index in [0.717, 1.165) is 18.7 Å². The Balaban J connectivity index is 2.28. The molecule has 0 fully saturated rings. The SMILES string of the molecule is CCCCCCCCCCCCCCCNc1ccc(C(=O)C(CCC(=O)OCC)C(=O)OCC)cc1. The molecule has 1 aromatic rings. The Morgan fingerprint density at radius 2 is 1.22 bits per heavy atom. The summed E-state index contributed by atoms with van der Waals surface area (Å²) >= 11 is 0. The van der Waals surface area contributed by atoms with Gasteiger partial charge in [0.25, 0.3) is 0 Å². The van der Waals surface area contributed by atoms with Crippen molar-refractivity contribution in [3.8, 4) is 0 Å². The lowest BCUT2D eigenvalue weighted by Gasteiger charge is -2.15. The van der Waals surface area contributed by atoms with Gasteiger partial charge in [0.15, 0.2) is 5.78 Å². The summed E-state index contributed by atoms with van der Waals surface area (Å²) in [6.07, 6.45) is 17.5. The van der Waals surface area contributed by atoms with Gasteiger partial charge in [-0.2, -0.15) is 0 Å². The molecule has 0 saturated heterocycles. The molecule has 0 aliphatic carbocycles. The fourth-order valence-corrected chi connectivity index (χ4v) is 4.42. The monoisotopic (exact) mass is 517 g/mol. The molecule has 6 nitrogen and oxygen atoms in total. The number of unbranched alkanes of at least 4 members (excludes halogenated alkanes) is 12. The predicted molar refractivity (Wildman–Crippen MR) is 151 cm³/mol. The molecule has 1 N–H and O–H groups in total. The molecule has 0 heterocycles. The molecule has 1 unspecified atom stereocenters. The second kappa shape index (κ2) is 21.7. The summed E-state index contributed by atoms with van der Waals surface area (Å²) in [6.45, 7) is 7.04. The predicted octanol–water partition coefficient (Wildman–Crippen LogP) is 7.90. The highest BCUT2D eigenvalue weighted by Gasteiger charge is 2.29. The number of anilines is 1. The molecule has 6 heteroatoms. The zero-order valence-corrected chi connectivity index (χ0v) is 23.7. The van der Waals surface area contributed by atoms with Gasteiger partial charge in [0.2, 0.25) is 0 Å². The summed E-state index contributed by atoms with van der Waals surface area (Å²) in [7, 11) is 0. The molecule has 0 spiro atoms. The van der Waals surface area contributed by atoms with Gasteiger partial charge in [0.05, 0.1) is 13.2 Å². The number of rotatable bonds is 23. The second-order valence-electron chi connectivity index (χ2n) is 9.76. The van der Waals surface area contributed by atoms with E-state index in [-0.39, 0.29) is 31.8 Å². The smallest absolute Gasteiger partial charge is 0.316 e. The third kappa shape index (κ3) is 15.5. The molecule has 1 rings (SSSR count). The number of carbonyl (C=O) groups excluding carboxylic acids is 3. The van der Waals surface area contributed by atoms with Crippen LogP contribution >= 0.6 is 0 Å². The van der Waals surface area contributed by atoms with Crippen LogP contribution in [0.1, 0.15) is 127 Å². The lowest BCUT2D eigenvalue weighted by molar-refractivity contribution is -0.147. The molecule has 210 valence electrons. The summed E-state index contributed by atoms with van der Waals surface area (Å²) < 4.78 is 10.00. The van der Waals surface area contributed by atoms with Crippen molar-refractivity contribution in [2.24, 2.45) is 5.92 Å². The van der Waals surface area contributed by atoms with Crippen LogP contribution in [0, 0.1) is 5.92 Å².